The van der Waals surface area contributed by atoms with Crippen LogP contribution in [0.15, 0.2) is 0 Å². The number of hydrogen-bond donors (Lipinski definition) is 2. The maximum absolute atomic E-state index is 10.9. The fraction of sp³-hybridized carbons (Fsp3) is 0.556. The molecule has 0 aromatic carbocycles. The van der Waals surface area contributed by atoms with Crippen molar-refractivity contribution >= 4 is 5.97 Å². The molecule has 5 nitrogen and oxygen atoms in total. The molecule has 1 atom stereocenters. The van der Waals surface area contributed by atoms with Crippen molar-refractivity contribution in [3.8, 4) is 0 Å². The van der Waals surface area contributed by atoms with E-state index in [9.17, 15) is 9.90 Å². The Morgan fingerprint density at radius 1 is 1.64 bits per heavy atom. The molecule has 1 aromatic heterocycles. The average molecular weight is 196 g/mol. The molecular formula is C9H12N2O3. The monoisotopic (exact) mass is 196 g/mol. The van der Waals surface area contributed by atoms with Crippen LogP contribution in [0.1, 0.15) is 40.7 Å². The Morgan fingerprint density at radius 3 is 3.00 bits per heavy atom. The van der Waals surface area contributed by atoms with Crippen molar-refractivity contribution in [1.82, 2.24) is 9.78 Å². The van der Waals surface area contributed by atoms with Crippen LogP contribution in [0, 0.1) is 0 Å². The Bertz CT molecular complexity index is 384. The molecule has 1 heterocycles. The number of hydrogen-bond acceptors (Lipinski definition) is 3. The number of carboxylic acid groups (broad SMARTS) is 1. The summed E-state index contributed by atoms with van der Waals surface area (Å²) in [6.45, 7) is 0. The molecule has 1 aliphatic rings. The normalized spacial score (nSPS) is 20.6. The molecule has 0 bridgehead atoms. The lowest BCUT2D eigenvalue weighted by Crippen LogP contribution is -2.13. The summed E-state index contributed by atoms with van der Waals surface area (Å²) in [5.41, 5.74) is 1.35. The molecule has 1 aromatic rings. The molecule has 1 aliphatic carbocycles. The van der Waals surface area contributed by atoms with Gasteiger partial charge < -0.3 is 10.2 Å². The summed E-state index contributed by atoms with van der Waals surface area (Å²) in [7, 11) is 1.59. The highest BCUT2D eigenvalue weighted by molar-refractivity contribution is 5.88. The van der Waals surface area contributed by atoms with E-state index < -0.39 is 12.1 Å². The summed E-state index contributed by atoms with van der Waals surface area (Å²) in [5, 5.41) is 22.7. The van der Waals surface area contributed by atoms with E-state index in [4.69, 9.17) is 5.11 Å². The minimum atomic E-state index is -1.03. The van der Waals surface area contributed by atoms with E-state index in [1.54, 1.807) is 7.05 Å². The molecule has 0 saturated carbocycles. The summed E-state index contributed by atoms with van der Waals surface area (Å²) < 4.78 is 1.33. The van der Waals surface area contributed by atoms with Crippen molar-refractivity contribution in [2.24, 2.45) is 7.05 Å². The Balaban J connectivity index is 2.59. The number of aryl methyl sites for hydroxylation is 2. The van der Waals surface area contributed by atoms with Gasteiger partial charge >= 0.3 is 5.97 Å². The van der Waals surface area contributed by atoms with Gasteiger partial charge in [0.2, 0.25) is 0 Å². The first-order chi connectivity index (χ1) is 6.61. The first-order valence-electron chi connectivity index (χ1n) is 4.58. The zero-order valence-corrected chi connectivity index (χ0v) is 7.90. The van der Waals surface area contributed by atoms with Crippen LogP contribution < -0.4 is 0 Å². The lowest BCUT2D eigenvalue weighted by Gasteiger charge is -2.16. The Labute approximate surface area is 81.0 Å². The number of fused-ring (bicyclic) bond motifs is 1. The average Bonchev–Trinajstić information content (AvgIpc) is 2.42. The minimum absolute atomic E-state index is 0.118. The van der Waals surface area contributed by atoms with Crippen LogP contribution in [-0.2, 0) is 13.5 Å². The highest BCUT2D eigenvalue weighted by atomic mass is 16.4. The Hall–Kier alpha value is -1.36. The van der Waals surface area contributed by atoms with Crippen molar-refractivity contribution in [3.05, 3.63) is 17.0 Å². The van der Waals surface area contributed by atoms with Gasteiger partial charge in [-0.25, -0.2) is 4.79 Å². The smallest absolute Gasteiger partial charge is 0.354 e. The topological polar surface area (TPSA) is 75.4 Å². The highest BCUT2D eigenvalue weighted by Crippen LogP contribution is 2.31. The second kappa shape index (κ2) is 3.09. The molecule has 0 fully saturated rings. The van der Waals surface area contributed by atoms with Crippen molar-refractivity contribution in [1.29, 1.82) is 0 Å². The van der Waals surface area contributed by atoms with Gasteiger partial charge in [-0.15, -0.1) is 0 Å². The molecule has 0 aliphatic heterocycles. The fourth-order valence-corrected chi connectivity index (χ4v) is 1.99. The number of rotatable bonds is 1. The first-order valence-corrected chi connectivity index (χ1v) is 4.58. The van der Waals surface area contributed by atoms with Gasteiger partial charge in [-0.2, -0.15) is 5.10 Å². The number of carbonyl (C=O) groups is 1. The van der Waals surface area contributed by atoms with Gasteiger partial charge in [0.25, 0.3) is 0 Å². The Kier molecular flexibility index (Phi) is 2.03. The zero-order valence-electron chi connectivity index (χ0n) is 7.90. The number of aromatic nitrogens is 2. The van der Waals surface area contributed by atoms with E-state index in [2.05, 4.69) is 5.10 Å². The van der Waals surface area contributed by atoms with E-state index >= 15 is 0 Å². The first kappa shape index (κ1) is 9.21. The third-order valence-electron chi connectivity index (χ3n) is 2.59. The van der Waals surface area contributed by atoms with E-state index in [1.165, 1.54) is 4.68 Å². The summed E-state index contributed by atoms with van der Waals surface area (Å²) in [6, 6.07) is 0. The van der Waals surface area contributed by atoms with E-state index in [-0.39, 0.29) is 5.69 Å². The molecule has 0 amide bonds. The van der Waals surface area contributed by atoms with Gasteiger partial charge in [0.15, 0.2) is 5.69 Å². The predicted octanol–water partition coefficient (Wildman–Crippen LogP) is 0.488. The molecule has 76 valence electrons. The molecule has 0 radical (unpaired) electrons. The molecule has 2 rings (SSSR count). The van der Waals surface area contributed by atoms with Gasteiger partial charge in [0, 0.05) is 12.6 Å². The van der Waals surface area contributed by atoms with Crippen molar-refractivity contribution in [3.63, 3.8) is 0 Å². The van der Waals surface area contributed by atoms with Crippen LogP contribution in [0.2, 0.25) is 0 Å². The van der Waals surface area contributed by atoms with E-state index in [0.29, 0.717) is 12.0 Å². The molecule has 2 N–H and O–H groups in total. The molecule has 0 spiro atoms. The third-order valence-corrected chi connectivity index (χ3v) is 2.59. The van der Waals surface area contributed by atoms with Crippen molar-refractivity contribution in [2.75, 3.05) is 0 Å². The second-order valence-electron chi connectivity index (χ2n) is 3.55. The third kappa shape index (κ3) is 1.21. The summed E-state index contributed by atoms with van der Waals surface area (Å²) >= 11 is 0. The van der Waals surface area contributed by atoms with Crippen molar-refractivity contribution < 1.29 is 15.0 Å². The minimum Gasteiger partial charge on any atom is -0.477 e. The van der Waals surface area contributed by atoms with Gasteiger partial charge in [-0.05, 0) is 19.3 Å². The molecule has 0 saturated heterocycles. The largest absolute Gasteiger partial charge is 0.477 e. The molecule has 14 heavy (non-hydrogen) atoms. The standard InChI is InChI=1S/C9H12N2O3/c1-11-8(9(13)14)7-5(10-11)3-2-4-6(7)12/h6,12H,2-4H2,1H3,(H,13,14). The number of aliphatic hydroxyl groups is 1. The van der Waals surface area contributed by atoms with Crippen LogP contribution in [0.5, 0.6) is 0 Å². The second-order valence-corrected chi connectivity index (χ2v) is 3.55. The van der Waals surface area contributed by atoms with Crippen LogP contribution in [0.3, 0.4) is 0 Å². The van der Waals surface area contributed by atoms with Crippen molar-refractivity contribution in [2.45, 2.75) is 25.4 Å². The van der Waals surface area contributed by atoms with Gasteiger partial charge in [0.05, 0.1) is 11.8 Å². The number of aliphatic hydroxyl groups excluding tert-OH is 1. The van der Waals surface area contributed by atoms with Crippen LogP contribution in [0.4, 0.5) is 0 Å². The van der Waals surface area contributed by atoms with Gasteiger partial charge in [-0.1, -0.05) is 0 Å². The van der Waals surface area contributed by atoms with Crippen LogP contribution in [-0.4, -0.2) is 26.0 Å². The lowest BCUT2D eigenvalue weighted by atomic mass is 9.93. The molecular weight excluding hydrogens is 184 g/mol. The molecule has 1 unspecified atom stereocenters. The fourth-order valence-electron chi connectivity index (χ4n) is 1.99. The SMILES string of the molecule is Cn1nc2c(c1C(=O)O)C(O)CCC2. The quantitative estimate of drug-likeness (QED) is 0.685. The van der Waals surface area contributed by atoms with Gasteiger partial charge in [-0.3, -0.25) is 4.68 Å². The summed E-state index contributed by atoms with van der Waals surface area (Å²) in [4.78, 5) is 10.9. The van der Waals surface area contributed by atoms with E-state index in [1.807, 2.05) is 0 Å². The van der Waals surface area contributed by atoms with E-state index in [0.717, 1.165) is 18.5 Å². The zero-order chi connectivity index (χ0) is 10.3. The van der Waals surface area contributed by atoms with Crippen LogP contribution in [0.25, 0.3) is 0 Å². The predicted molar refractivity (Wildman–Crippen MR) is 48.1 cm³/mol. The molecule has 5 heteroatoms. The maximum atomic E-state index is 10.9. The summed E-state index contributed by atoms with van der Waals surface area (Å²) in [5.74, 6) is -1.03. The van der Waals surface area contributed by atoms with Gasteiger partial charge in [0.1, 0.15) is 0 Å². The maximum Gasteiger partial charge on any atom is 0.354 e. The summed E-state index contributed by atoms with van der Waals surface area (Å²) in [6.07, 6.45) is 1.58. The highest BCUT2D eigenvalue weighted by Gasteiger charge is 2.29. The Morgan fingerprint density at radius 2 is 2.36 bits per heavy atom. The number of carboxylic acids is 1. The lowest BCUT2D eigenvalue weighted by molar-refractivity contribution is 0.0675. The number of nitrogens with zero attached hydrogens (tertiary/aromatic N) is 2. The number of aromatic carboxylic acids is 1. The van der Waals surface area contributed by atoms with Crippen LogP contribution >= 0.6 is 0 Å².